The summed E-state index contributed by atoms with van der Waals surface area (Å²) in [6, 6.07) is 0. The van der Waals surface area contributed by atoms with E-state index in [1.165, 1.54) is 0 Å². The van der Waals surface area contributed by atoms with Gasteiger partial charge >= 0.3 is 0 Å². The Morgan fingerprint density at radius 3 is 2.13 bits per heavy atom. The molecule has 0 bridgehead atoms. The second-order valence-electron chi connectivity index (χ2n) is 5.45. The van der Waals surface area contributed by atoms with Gasteiger partial charge in [0.15, 0.2) is 0 Å². The van der Waals surface area contributed by atoms with E-state index < -0.39 is 0 Å². The molecule has 0 aliphatic heterocycles. The molecule has 2 nitrogen and oxygen atoms in total. The predicted molar refractivity (Wildman–Crippen MR) is 67.7 cm³/mol. The van der Waals surface area contributed by atoms with Gasteiger partial charge in [0.05, 0.1) is 18.8 Å². The molecule has 0 N–H and O–H groups in total. The first-order valence-corrected chi connectivity index (χ1v) is 6.12. The van der Waals surface area contributed by atoms with Crippen molar-refractivity contribution in [2.24, 2.45) is 0 Å². The zero-order chi connectivity index (χ0) is 11.9. The highest BCUT2D eigenvalue weighted by Crippen LogP contribution is 2.21. The Morgan fingerprint density at radius 2 is 1.73 bits per heavy atom. The van der Waals surface area contributed by atoms with Crippen LogP contribution in [0.3, 0.4) is 0 Å². The molecule has 3 heteroatoms. The lowest BCUT2D eigenvalue weighted by molar-refractivity contribution is 0.00555. The molecule has 0 rings (SSSR count). The van der Waals surface area contributed by atoms with Gasteiger partial charge < -0.3 is 9.39 Å². The van der Waals surface area contributed by atoms with Crippen LogP contribution in [0.4, 0.5) is 0 Å². The van der Waals surface area contributed by atoms with E-state index in [1.807, 2.05) is 0 Å². The van der Waals surface area contributed by atoms with Crippen LogP contribution in [0.5, 0.6) is 0 Å². The van der Waals surface area contributed by atoms with Gasteiger partial charge in [0.2, 0.25) is 0 Å². The minimum atomic E-state index is 0.240. The fraction of sp³-hybridized carbons (Fsp3) is 1.00. The summed E-state index contributed by atoms with van der Waals surface area (Å²) >= 11 is 0. The first-order valence-electron chi connectivity index (χ1n) is 6.12. The van der Waals surface area contributed by atoms with Gasteiger partial charge in [-0.2, -0.15) is 0 Å². The molecule has 0 aromatic carbocycles. The Morgan fingerprint density at radius 1 is 1.13 bits per heavy atom. The van der Waals surface area contributed by atoms with Crippen LogP contribution in [0.2, 0.25) is 5.31 Å². The summed E-state index contributed by atoms with van der Waals surface area (Å²) in [4.78, 5) is 0. The first kappa shape index (κ1) is 15.0. The van der Waals surface area contributed by atoms with E-state index in [1.54, 1.807) is 0 Å². The van der Waals surface area contributed by atoms with Gasteiger partial charge in [-0.05, 0) is 25.1 Å². The van der Waals surface area contributed by atoms with Crippen LogP contribution in [0, 0.1) is 0 Å². The molecule has 2 unspecified atom stereocenters. The lowest BCUT2D eigenvalue weighted by atomic mass is 9.68. The molecule has 0 spiro atoms. The van der Waals surface area contributed by atoms with Crippen LogP contribution in [0.15, 0.2) is 0 Å². The van der Waals surface area contributed by atoms with E-state index in [-0.39, 0.29) is 11.4 Å². The summed E-state index contributed by atoms with van der Waals surface area (Å²) in [5.41, 5.74) is 0. The van der Waals surface area contributed by atoms with E-state index in [9.17, 15) is 0 Å². The summed E-state index contributed by atoms with van der Waals surface area (Å²) in [7, 11) is 0.801. The average Bonchev–Trinajstić information content (AvgIpc) is 2.16. The molecular weight excluding hydrogens is 187 g/mol. The molecule has 2 atom stereocenters. The van der Waals surface area contributed by atoms with Crippen LogP contribution in [0.25, 0.3) is 0 Å². The van der Waals surface area contributed by atoms with E-state index in [2.05, 4.69) is 41.5 Å². The van der Waals surface area contributed by atoms with Crippen molar-refractivity contribution in [2.75, 3.05) is 6.61 Å². The fourth-order valence-corrected chi connectivity index (χ4v) is 1.04. The van der Waals surface area contributed by atoms with Crippen LogP contribution in [0.1, 0.15) is 54.4 Å². The second-order valence-corrected chi connectivity index (χ2v) is 5.45. The minimum Gasteiger partial charge on any atom is -0.434 e. The van der Waals surface area contributed by atoms with Gasteiger partial charge in [0, 0.05) is 0 Å². The maximum atomic E-state index is 5.83. The Hall–Kier alpha value is -0.0151. The minimum absolute atomic E-state index is 0.240. The molecule has 0 radical (unpaired) electrons. The molecule has 0 aromatic rings. The lowest BCUT2D eigenvalue weighted by Crippen LogP contribution is -2.26. The van der Waals surface area contributed by atoms with Crippen molar-refractivity contribution in [3.63, 3.8) is 0 Å². The summed E-state index contributed by atoms with van der Waals surface area (Å²) in [6.07, 6.45) is 2.68. The number of hydrogen-bond donors (Lipinski definition) is 0. The quantitative estimate of drug-likeness (QED) is 0.606. The van der Waals surface area contributed by atoms with Crippen molar-refractivity contribution in [2.45, 2.75) is 71.9 Å². The second kappa shape index (κ2) is 7.29. The van der Waals surface area contributed by atoms with E-state index in [4.69, 9.17) is 9.39 Å². The zero-order valence-corrected chi connectivity index (χ0v) is 11.3. The van der Waals surface area contributed by atoms with Crippen molar-refractivity contribution >= 4 is 7.48 Å². The van der Waals surface area contributed by atoms with Crippen LogP contribution >= 0.6 is 0 Å². The third kappa shape index (κ3) is 8.95. The molecule has 0 fully saturated rings. The highest BCUT2D eigenvalue weighted by molar-refractivity contribution is 6.31. The topological polar surface area (TPSA) is 18.5 Å². The number of hydrogen-bond acceptors (Lipinski definition) is 2. The summed E-state index contributed by atoms with van der Waals surface area (Å²) < 4.78 is 11.5. The third-order valence-corrected chi connectivity index (χ3v) is 2.35. The summed E-state index contributed by atoms with van der Waals surface area (Å²) in [6.45, 7) is 13.7. The van der Waals surface area contributed by atoms with E-state index in [0.29, 0.717) is 6.10 Å². The molecule has 0 aromatic heterocycles. The zero-order valence-electron chi connectivity index (χ0n) is 11.3. The molecule has 90 valence electrons. The van der Waals surface area contributed by atoms with Crippen LogP contribution in [-0.4, -0.2) is 26.3 Å². The molecule has 0 saturated heterocycles. The number of ether oxygens (including phenoxy) is 1. The normalized spacial score (nSPS) is 16.1. The Balaban J connectivity index is 3.73. The standard InChI is InChI=1S/C12H27BO2/c1-7-10(3)14-9-11(8-2)15-13-12(4,5)6/h10-11,13H,7-9H2,1-6H3. The highest BCUT2D eigenvalue weighted by atomic mass is 16.5. The molecule has 0 aliphatic rings. The largest absolute Gasteiger partial charge is 0.434 e. The van der Waals surface area contributed by atoms with Crippen LogP contribution < -0.4 is 0 Å². The molecule has 0 amide bonds. The van der Waals surface area contributed by atoms with Crippen molar-refractivity contribution in [3.05, 3.63) is 0 Å². The summed E-state index contributed by atoms with van der Waals surface area (Å²) in [5.74, 6) is 0. The molecule has 0 saturated carbocycles. The van der Waals surface area contributed by atoms with Gasteiger partial charge in [0.1, 0.15) is 0 Å². The first-order chi connectivity index (χ1) is 6.89. The fourth-order valence-electron chi connectivity index (χ4n) is 1.04. The number of rotatable bonds is 7. The van der Waals surface area contributed by atoms with E-state index >= 15 is 0 Å². The Bertz CT molecular complexity index is 154. The third-order valence-electron chi connectivity index (χ3n) is 2.35. The van der Waals surface area contributed by atoms with E-state index in [0.717, 1.165) is 26.9 Å². The molecule has 0 aliphatic carbocycles. The highest BCUT2D eigenvalue weighted by Gasteiger charge is 2.17. The maximum Gasteiger partial charge on any atom is 0.280 e. The molecule has 0 heterocycles. The maximum absolute atomic E-state index is 5.83. The van der Waals surface area contributed by atoms with Crippen LogP contribution in [-0.2, 0) is 9.39 Å². The van der Waals surface area contributed by atoms with Crippen molar-refractivity contribution in [3.8, 4) is 0 Å². The Labute approximate surface area is 96.0 Å². The lowest BCUT2D eigenvalue weighted by Gasteiger charge is -2.23. The van der Waals surface area contributed by atoms with Gasteiger partial charge in [-0.3, -0.25) is 0 Å². The molecule has 15 heavy (non-hydrogen) atoms. The van der Waals surface area contributed by atoms with Gasteiger partial charge in [-0.25, -0.2) is 0 Å². The van der Waals surface area contributed by atoms with Gasteiger partial charge in [-0.15, -0.1) is 0 Å². The van der Waals surface area contributed by atoms with Crippen molar-refractivity contribution < 1.29 is 9.39 Å². The average molecular weight is 214 g/mol. The summed E-state index contributed by atoms with van der Waals surface area (Å²) in [5, 5.41) is 0.240. The smallest absolute Gasteiger partial charge is 0.280 e. The van der Waals surface area contributed by atoms with Gasteiger partial charge in [0.25, 0.3) is 7.48 Å². The van der Waals surface area contributed by atoms with Crippen molar-refractivity contribution in [1.29, 1.82) is 0 Å². The molecular formula is C12H27BO2. The monoisotopic (exact) mass is 214 g/mol. The Kier molecular flexibility index (Phi) is 7.28. The van der Waals surface area contributed by atoms with Crippen molar-refractivity contribution in [1.82, 2.24) is 0 Å². The predicted octanol–water partition coefficient (Wildman–Crippen LogP) is 3.17. The van der Waals surface area contributed by atoms with Gasteiger partial charge in [-0.1, -0.05) is 34.6 Å². The SMILES string of the molecule is CCC(C)OCC(CC)OBC(C)(C)C.